The average molecular weight is 422 g/mol. The molecule has 5 heterocycles. The summed E-state index contributed by atoms with van der Waals surface area (Å²) < 4.78 is 0. The van der Waals surface area contributed by atoms with E-state index in [0.29, 0.717) is 18.1 Å². The van der Waals surface area contributed by atoms with Gasteiger partial charge in [-0.15, -0.1) is 0 Å². The van der Waals surface area contributed by atoms with Gasteiger partial charge in [0.25, 0.3) is 0 Å². The minimum Gasteiger partial charge on any atom is -0.354 e. The normalized spacial score (nSPS) is 25.4. The number of H-pyrrole nitrogens is 1. The molecule has 0 bridgehead atoms. The highest BCUT2D eigenvalue weighted by Gasteiger charge is 2.27. The summed E-state index contributed by atoms with van der Waals surface area (Å²) in [5, 5.41) is 11.1. The number of anilines is 2. The predicted octanol–water partition coefficient (Wildman–Crippen LogP) is 1.74. The second-order valence-corrected chi connectivity index (χ2v) is 8.95. The first kappa shape index (κ1) is 20.1. The van der Waals surface area contributed by atoms with Crippen LogP contribution in [0, 0.1) is 0 Å². The van der Waals surface area contributed by atoms with Gasteiger partial charge < -0.3 is 20.0 Å². The van der Waals surface area contributed by atoms with E-state index >= 15 is 0 Å². The molecule has 3 aromatic heterocycles. The van der Waals surface area contributed by atoms with Crippen molar-refractivity contribution in [1.29, 1.82) is 0 Å². The summed E-state index contributed by atoms with van der Waals surface area (Å²) in [6, 6.07) is 5.39. The third kappa shape index (κ3) is 3.72. The molecule has 2 fully saturated rings. The Bertz CT molecular complexity index is 1040. The van der Waals surface area contributed by atoms with Crippen LogP contribution in [-0.4, -0.2) is 87.9 Å². The number of nitrogens with zero attached hydrogens (tertiary/aromatic N) is 7. The van der Waals surface area contributed by atoms with Crippen LogP contribution in [0.4, 0.5) is 11.8 Å². The fraction of sp³-hybridized carbons (Fsp3) is 0.545. The summed E-state index contributed by atoms with van der Waals surface area (Å²) in [6.07, 6.45) is 3.74. The number of rotatable bonds is 3. The van der Waals surface area contributed by atoms with Crippen molar-refractivity contribution in [1.82, 2.24) is 35.4 Å². The molecule has 0 radical (unpaired) electrons. The molecule has 3 atom stereocenters. The molecule has 0 amide bonds. The molecule has 2 saturated heterocycles. The Morgan fingerprint density at radius 2 is 1.77 bits per heavy atom. The third-order valence-corrected chi connectivity index (χ3v) is 6.65. The lowest BCUT2D eigenvalue weighted by atomic mass is 10.1. The maximum Gasteiger partial charge on any atom is 0.226 e. The van der Waals surface area contributed by atoms with Crippen LogP contribution in [0.2, 0.25) is 0 Å². The number of aromatic nitrogens is 5. The van der Waals surface area contributed by atoms with Crippen LogP contribution in [0.25, 0.3) is 22.3 Å². The fourth-order valence-corrected chi connectivity index (χ4v) is 4.63. The van der Waals surface area contributed by atoms with Gasteiger partial charge in [0, 0.05) is 62.6 Å². The predicted molar refractivity (Wildman–Crippen MR) is 123 cm³/mol. The molecular weight excluding hydrogens is 390 g/mol. The Labute approximate surface area is 182 Å². The molecule has 0 saturated carbocycles. The zero-order valence-corrected chi connectivity index (χ0v) is 18.7. The van der Waals surface area contributed by atoms with E-state index in [0.717, 1.165) is 66.8 Å². The Hall–Kier alpha value is -2.78. The second-order valence-electron chi connectivity index (χ2n) is 8.95. The van der Waals surface area contributed by atoms with Crippen molar-refractivity contribution in [2.45, 2.75) is 38.9 Å². The molecule has 9 heteroatoms. The van der Waals surface area contributed by atoms with Gasteiger partial charge in [0.1, 0.15) is 22.5 Å². The summed E-state index contributed by atoms with van der Waals surface area (Å²) in [5.74, 6) is 1.77. The number of fused-ring (bicyclic) bond motifs is 1. The topological polar surface area (TPSA) is 89.1 Å². The molecule has 2 N–H and O–H groups in total. The van der Waals surface area contributed by atoms with Crippen LogP contribution in [0.15, 0.2) is 24.5 Å². The largest absolute Gasteiger partial charge is 0.354 e. The van der Waals surface area contributed by atoms with Crippen molar-refractivity contribution < 1.29 is 0 Å². The van der Waals surface area contributed by atoms with Crippen molar-refractivity contribution in [3.8, 4) is 11.3 Å². The highest BCUT2D eigenvalue weighted by molar-refractivity contribution is 5.89. The molecule has 2 aliphatic heterocycles. The van der Waals surface area contributed by atoms with E-state index in [1.165, 1.54) is 0 Å². The van der Waals surface area contributed by atoms with Crippen molar-refractivity contribution in [2.24, 2.45) is 0 Å². The molecular formula is C22H31N9. The van der Waals surface area contributed by atoms with E-state index in [2.05, 4.69) is 75.1 Å². The average Bonchev–Trinajstić information content (AvgIpc) is 3.19. The molecule has 31 heavy (non-hydrogen) atoms. The maximum absolute atomic E-state index is 4.92. The fourth-order valence-electron chi connectivity index (χ4n) is 4.63. The number of nitrogens with one attached hydrogen (secondary N) is 2. The minimum absolute atomic E-state index is 0.337. The van der Waals surface area contributed by atoms with Gasteiger partial charge in [-0.1, -0.05) is 0 Å². The summed E-state index contributed by atoms with van der Waals surface area (Å²) in [5.41, 5.74) is 3.46. The summed E-state index contributed by atoms with van der Waals surface area (Å²) in [7, 11) is 2.18. The van der Waals surface area contributed by atoms with E-state index in [4.69, 9.17) is 9.97 Å². The summed E-state index contributed by atoms with van der Waals surface area (Å²) >= 11 is 0. The monoisotopic (exact) mass is 421 g/mol. The van der Waals surface area contributed by atoms with Crippen molar-refractivity contribution in [3.05, 3.63) is 24.5 Å². The number of hydrogen-bond acceptors (Lipinski definition) is 8. The van der Waals surface area contributed by atoms with Gasteiger partial charge in [0.05, 0.1) is 6.20 Å². The van der Waals surface area contributed by atoms with Crippen molar-refractivity contribution in [2.75, 3.05) is 49.6 Å². The summed E-state index contributed by atoms with van der Waals surface area (Å²) in [6.45, 7) is 11.6. The van der Waals surface area contributed by atoms with Gasteiger partial charge in [-0.3, -0.25) is 5.10 Å². The van der Waals surface area contributed by atoms with E-state index in [9.17, 15) is 0 Å². The molecule has 0 aromatic carbocycles. The van der Waals surface area contributed by atoms with Gasteiger partial charge in [-0.2, -0.15) is 5.10 Å². The highest BCUT2D eigenvalue weighted by atomic mass is 15.3. The molecule has 5 rings (SSSR count). The van der Waals surface area contributed by atoms with Crippen LogP contribution >= 0.6 is 0 Å². The molecule has 2 aliphatic rings. The Morgan fingerprint density at radius 3 is 2.48 bits per heavy atom. The lowest BCUT2D eigenvalue weighted by molar-refractivity contribution is 0.233. The molecule has 0 spiro atoms. The van der Waals surface area contributed by atoms with E-state index in [1.807, 2.05) is 12.4 Å². The van der Waals surface area contributed by atoms with Crippen LogP contribution in [0.5, 0.6) is 0 Å². The van der Waals surface area contributed by atoms with Crippen LogP contribution in [0.3, 0.4) is 0 Å². The number of piperazine rings is 2. The van der Waals surface area contributed by atoms with Gasteiger partial charge >= 0.3 is 0 Å². The Kier molecular flexibility index (Phi) is 5.23. The first-order chi connectivity index (χ1) is 15.0. The van der Waals surface area contributed by atoms with Gasteiger partial charge in [0.15, 0.2) is 0 Å². The Morgan fingerprint density at radius 1 is 0.968 bits per heavy atom. The van der Waals surface area contributed by atoms with E-state index in [-0.39, 0.29) is 0 Å². The van der Waals surface area contributed by atoms with Crippen LogP contribution < -0.4 is 15.1 Å². The molecule has 0 aliphatic carbocycles. The molecule has 164 valence electrons. The van der Waals surface area contributed by atoms with Crippen LogP contribution in [0.1, 0.15) is 20.8 Å². The van der Waals surface area contributed by atoms with Gasteiger partial charge in [0.2, 0.25) is 5.95 Å². The van der Waals surface area contributed by atoms with E-state index < -0.39 is 0 Å². The Balaban J connectivity index is 1.44. The quantitative estimate of drug-likeness (QED) is 0.661. The van der Waals surface area contributed by atoms with Gasteiger partial charge in [-0.05, 0) is 40.0 Å². The number of aromatic amines is 1. The third-order valence-electron chi connectivity index (χ3n) is 6.65. The van der Waals surface area contributed by atoms with Gasteiger partial charge in [-0.25, -0.2) is 15.0 Å². The van der Waals surface area contributed by atoms with E-state index in [1.54, 1.807) is 0 Å². The minimum atomic E-state index is 0.337. The first-order valence-corrected chi connectivity index (χ1v) is 11.1. The number of hydrogen-bond donors (Lipinski definition) is 2. The maximum atomic E-state index is 4.92. The summed E-state index contributed by atoms with van der Waals surface area (Å²) in [4.78, 5) is 21.3. The first-order valence-electron chi connectivity index (χ1n) is 11.1. The lowest BCUT2D eigenvalue weighted by Crippen LogP contribution is -2.55. The SMILES string of the molecule is C[C@@H]1CN(c2ccc(-c3n[nH]c4cnc(N5[C@H](C)CNC[C@@H]5C)nc34)cn2)CCN1C. The molecule has 0 unspecified atom stereocenters. The van der Waals surface area contributed by atoms with Crippen molar-refractivity contribution in [3.63, 3.8) is 0 Å². The lowest BCUT2D eigenvalue weighted by Gasteiger charge is -2.39. The smallest absolute Gasteiger partial charge is 0.226 e. The van der Waals surface area contributed by atoms with Crippen LogP contribution in [-0.2, 0) is 0 Å². The number of pyridine rings is 1. The molecule has 9 nitrogen and oxygen atoms in total. The standard InChI is InChI=1S/C22H31N9/c1-14-9-23-10-15(2)31(14)22-25-12-18-21(26-22)20(28-27-18)17-5-6-19(24-11-17)30-8-7-29(4)16(3)13-30/h5-6,11-12,14-16,23H,7-10,13H2,1-4H3,(H,27,28)/t14-,15+,16-/m1/s1. The second kappa shape index (κ2) is 8.05. The highest BCUT2D eigenvalue weighted by Crippen LogP contribution is 2.28. The zero-order chi connectivity index (χ0) is 21.5. The zero-order valence-electron chi connectivity index (χ0n) is 18.7. The molecule has 3 aromatic rings. The van der Waals surface area contributed by atoms with Crippen molar-refractivity contribution >= 4 is 22.8 Å². The number of likely N-dealkylation sites (N-methyl/N-ethyl adjacent to an activating group) is 1.